The lowest BCUT2D eigenvalue weighted by molar-refractivity contribution is 0.265. The quantitative estimate of drug-likeness (QED) is 0.717. The molecule has 1 fully saturated rings. The molecule has 0 atom stereocenters. The summed E-state index contributed by atoms with van der Waals surface area (Å²) in [6, 6.07) is 2.12. The van der Waals surface area contributed by atoms with Gasteiger partial charge in [0.2, 0.25) is 0 Å². The van der Waals surface area contributed by atoms with Crippen molar-refractivity contribution in [2.45, 2.75) is 0 Å². The van der Waals surface area contributed by atoms with Gasteiger partial charge in [-0.15, -0.1) is 0 Å². The molecule has 1 aromatic heterocycles. The molecule has 4 heteroatoms. The number of anilines is 1. The fourth-order valence-corrected chi connectivity index (χ4v) is 1.92. The van der Waals surface area contributed by atoms with Crippen LogP contribution in [0.4, 0.5) is 5.69 Å². The Kier molecular flexibility index (Phi) is 3.06. The number of piperazine rings is 1. The summed E-state index contributed by atoms with van der Waals surface area (Å²) in [6.07, 6.45) is 4.03. The third-order valence-corrected chi connectivity index (χ3v) is 2.76. The molecule has 0 spiro atoms. The minimum atomic E-state index is 0.768. The fourth-order valence-electron chi connectivity index (χ4n) is 1.92. The van der Waals surface area contributed by atoms with E-state index in [9.17, 15) is 0 Å². The Bertz CT molecular complexity index is 249. The molecule has 14 heavy (non-hydrogen) atoms. The van der Waals surface area contributed by atoms with E-state index in [2.05, 4.69) is 27.0 Å². The van der Waals surface area contributed by atoms with Crippen molar-refractivity contribution in [2.24, 2.45) is 5.73 Å². The van der Waals surface area contributed by atoms with Gasteiger partial charge >= 0.3 is 0 Å². The highest BCUT2D eigenvalue weighted by Crippen LogP contribution is 2.14. The van der Waals surface area contributed by atoms with Crippen LogP contribution in [0.15, 0.2) is 18.5 Å². The van der Waals surface area contributed by atoms with E-state index in [1.54, 1.807) is 0 Å². The molecular weight excluding hydrogens is 176 g/mol. The van der Waals surface area contributed by atoms with Crippen LogP contribution in [0.3, 0.4) is 0 Å². The third kappa shape index (κ3) is 2.08. The first-order chi connectivity index (χ1) is 6.90. The highest BCUT2D eigenvalue weighted by atomic mass is 15.3. The Balaban J connectivity index is 1.84. The van der Waals surface area contributed by atoms with Crippen LogP contribution in [-0.4, -0.2) is 49.2 Å². The minimum Gasteiger partial charge on any atom is -0.368 e. The van der Waals surface area contributed by atoms with Gasteiger partial charge in [-0.05, 0) is 6.07 Å². The molecule has 0 amide bonds. The molecule has 0 saturated carbocycles. The molecule has 1 aliphatic heterocycles. The van der Waals surface area contributed by atoms with Crippen LogP contribution in [0.1, 0.15) is 0 Å². The number of rotatable bonds is 3. The van der Waals surface area contributed by atoms with E-state index in [1.165, 1.54) is 5.69 Å². The van der Waals surface area contributed by atoms with Crippen LogP contribution < -0.4 is 10.6 Å². The van der Waals surface area contributed by atoms with Crippen molar-refractivity contribution in [1.29, 1.82) is 0 Å². The van der Waals surface area contributed by atoms with Crippen LogP contribution in [0.25, 0.3) is 0 Å². The Hall–Kier alpha value is -1.00. The van der Waals surface area contributed by atoms with E-state index < -0.39 is 0 Å². The Morgan fingerprint density at radius 1 is 1.29 bits per heavy atom. The number of nitrogens with two attached hydrogens (primary N) is 1. The highest BCUT2D eigenvalue weighted by molar-refractivity contribution is 5.44. The van der Waals surface area contributed by atoms with Gasteiger partial charge in [0.05, 0.1) is 5.69 Å². The van der Waals surface area contributed by atoms with E-state index in [0.29, 0.717) is 0 Å². The lowest BCUT2D eigenvalue weighted by Gasteiger charge is -2.35. The van der Waals surface area contributed by atoms with Gasteiger partial charge in [-0.25, -0.2) is 0 Å². The molecule has 1 aliphatic rings. The van der Waals surface area contributed by atoms with Crippen molar-refractivity contribution in [1.82, 2.24) is 9.88 Å². The summed E-state index contributed by atoms with van der Waals surface area (Å²) in [7, 11) is 0. The first-order valence-electron chi connectivity index (χ1n) is 5.20. The normalized spacial score (nSPS) is 18.8. The summed E-state index contributed by atoms with van der Waals surface area (Å²) < 4.78 is 0. The molecule has 2 heterocycles. The zero-order valence-corrected chi connectivity index (χ0v) is 8.45. The van der Waals surface area contributed by atoms with E-state index in [4.69, 9.17) is 5.73 Å². The Morgan fingerprint density at radius 2 is 2.07 bits per heavy atom. The second-order valence-corrected chi connectivity index (χ2v) is 3.69. The summed E-state index contributed by atoms with van der Waals surface area (Å²) >= 11 is 0. The highest BCUT2D eigenvalue weighted by Gasteiger charge is 2.16. The second-order valence-electron chi connectivity index (χ2n) is 3.69. The molecule has 0 unspecified atom stereocenters. The minimum absolute atomic E-state index is 0.768. The number of aromatic nitrogens is 1. The largest absolute Gasteiger partial charge is 0.368 e. The smallest absolute Gasteiger partial charge is 0.0544 e. The lowest BCUT2D eigenvalue weighted by atomic mass is 10.3. The number of aromatic amines is 1. The maximum atomic E-state index is 5.53. The number of H-pyrrole nitrogens is 1. The maximum absolute atomic E-state index is 5.53. The third-order valence-electron chi connectivity index (χ3n) is 2.76. The Labute approximate surface area is 84.7 Å². The Morgan fingerprint density at radius 3 is 2.64 bits per heavy atom. The van der Waals surface area contributed by atoms with Crippen molar-refractivity contribution < 1.29 is 0 Å². The number of nitrogens with one attached hydrogen (secondary N) is 1. The maximum Gasteiger partial charge on any atom is 0.0544 e. The molecule has 78 valence electrons. The molecule has 1 saturated heterocycles. The molecule has 0 aliphatic carbocycles. The predicted molar refractivity (Wildman–Crippen MR) is 58.5 cm³/mol. The van der Waals surface area contributed by atoms with Gasteiger partial charge in [0, 0.05) is 51.7 Å². The first-order valence-corrected chi connectivity index (χ1v) is 5.20. The second kappa shape index (κ2) is 4.48. The average molecular weight is 194 g/mol. The molecule has 3 N–H and O–H groups in total. The molecule has 2 rings (SSSR count). The van der Waals surface area contributed by atoms with Gasteiger partial charge in [0.15, 0.2) is 0 Å². The lowest BCUT2D eigenvalue weighted by Crippen LogP contribution is -2.47. The molecule has 1 aromatic rings. The van der Waals surface area contributed by atoms with Crippen molar-refractivity contribution in [3.05, 3.63) is 18.5 Å². The standard InChI is InChI=1S/C10H18N4/c11-2-4-13-5-7-14(8-6-13)10-1-3-12-9-10/h1,3,9,12H,2,4-8,11H2. The van der Waals surface area contributed by atoms with Crippen LogP contribution in [0.2, 0.25) is 0 Å². The fraction of sp³-hybridized carbons (Fsp3) is 0.600. The first kappa shape index (κ1) is 9.55. The summed E-state index contributed by atoms with van der Waals surface area (Å²) in [5, 5.41) is 0. The summed E-state index contributed by atoms with van der Waals surface area (Å²) in [4.78, 5) is 7.91. The van der Waals surface area contributed by atoms with E-state index >= 15 is 0 Å². The number of nitrogens with zero attached hydrogens (tertiary/aromatic N) is 2. The zero-order valence-electron chi connectivity index (χ0n) is 8.45. The van der Waals surface area contributed by atoms with Crippen LogP contribution in [-0.2, 0) is 0 Å². The van der Waals surface area contributed by atoms with E-state index in [-0.39, 0.29) is 0 Å². The molecule has 0 aromatic carbocycles. The van der Waals surface area contributed by atoms with Crippen molar-refractivity contribution in [3.63, 3.8) is 0 Å². The van der Waals surface area contributed by atoms with Crippen molar-refractivity contribution >= 4 is 5.69 Å². The molecule has 0 bridgehead atoms. The van der Waals surface area contributed by atoms with Crippen molar-refractivity contribution in [3.8, 4) is 0 Å². The average Bonchev–Trinajstić information content (AvgIpc) is 2.72. The number of hydrogen-bond donors (Lipinski definition) is 2. The van der Waals surface area contributed by atoms with Crippen LogP contribution >= 0.6 is 0 Å². The van der Waals surface area contributed by atoms with Crippen molar-refractivity contribution in [2.75, 3.05) is 44.2 Å². The molecule has 0 radical (unpaired) electrons. The summed E-state index contributed by atoms with van der Waals surface area (Å²) in [5.74, 6) is 0. The van der Waals surface area contributed by atoms with Gasteiger partial charge in [-0.1, -0.05) is 0 Å². The summed E-state index contributed by atoms with van der Waals surface area (Å²) in [6.45, 7) is 6.27. The van der Waals surface area contributed by atoms with E-state index in [1.807, 2.05) is 6.20 Å². The van der Waals surface area contributed by atoms with Gasteiger partial charge in [-0.3, -0.25) is 4.90 Å². The number of hydrogen-bond acceptors (Lipinski definition) is 3. The molecule has 4 nitrogen and oxygen atoms in total. The van der Waals surface area contributed by atoms with Gasteiger partial charge in [0.1, 0.15) is 0 Å². The monoisotopic (exact) mass is 194 g/mol. The topological polar surface area (TPSA) is 48.3 Å². The SMILES string of the molecule is NCCN1CCN(c2cc[nH]c2)CC1. The zero-order chi connectivity index (χ0) is 9.80. The molecular formula is C10H18N4. The van der Waals surface area contributed by atoms with Crippen LogP contribution in [0, 0.1) is 0 Å². The predicted octanol–water partition coefficient (Wildman–Crippen LogP) is 0.0954. The van der Waals surface area contributed by atoms with Gasteiger partial charge in [-0.2, -0.15) is 0 Å². The summed E-state index contributed by atoms with van der Waals surface area (Å²) in [5.41, 5.74) is 6.83. The van der Waals surface area contributed by atoms with Gasteiger partial charge < -0.3 is 15.6 Å². The van der Waals surface area contributed by atoms with E-state index in [0.717, 1.165) is 39.3 Å². The van der Waals surface area contributed by atoms with Crippen LogP contribution in [0.5, 0.6) is 0 Å². The van der Waals surface area contributed by atoms with Gasteiger partial charge in [0.25, 0.3) is 0 Å².